The zero-order valence-electron chi connectivity index (χ0n) is 7.82. The molecule has 13 heavy (non-hydrogen) atoms. The maximum Gasteiger partial charge on any atom is 0.106 e. The molecule has 0 amide bonds. The molecule has 2 heteroatoms. The van der Waals surface area contributed by atoms with Gasteiger partial charge in [0.1, 0.15) is 6.10 Å². The number of hydrogen-bond acceptors (Lipinski definition) is 2. The Balaban J connectivity index is 2.14. The average molecular weight is 178 g/mol. The van der Waals surface area contributed by atoms with Crippen LogP contribution in [0.15, 0.2) is 24.3 Å². The van der Waals surface area contributed by atoms with Crippen LogP contribution >= 0.6 is 0 Å². The third-order valence-corrected chi connectivity index (χ3v) is 2.23. The summed E-state index contributed by atoms with van der Waals surface area (Å²) in [6.07, 6.45) is 0.133. The monoisotopic (exact) mass is 178 g/mol. The lowest BCUT2D eigenvalue weighted by Gasteiger charge is -2.23. The van der Waals surface area contributed by atoms with Crippen molar-refractivity contribution in [3.8, 4) is 0 Å². The van der Waals surface area contributed by atoms with E-state index in [-0.39, 0.29) is 6.10 Å². The van der Waals surface area contributed by atoms with Gasteiger partial charge in [-0.05, 0) is 12.5 Å². The number of rotatable bonds is 1. The van der Waals surface area contributed by atoms with E-state index in [0.29, 0.717) is 13.2 Å². The van der Waals surface area contributed by atoms with Gasteiger partial charge in [0.25, 0.3) is 0 Å². The van der Waals surface area contributed by atoms with Crippen LogP contribution in [0.25, 0.3) is 0 Å². The standard InChI is InChI=1S/C11H14O2/c1-9-3-2-4-10(7-9)11-8-12-5-6-13-11/h2-4,7,11H,5-6,8H2,1H3. The van der Waals surface area contributed by atoms with E-state index in [0.717, 1.165) is 6.61 Å². The summed E-state index contributed by atoms with van der Waals surface area (Å²) in [5, 5.41) is 0. The van der Waals surface area contributed by atoms with Crippen LogP contribution in [0, 0.1) is 6.92 Å². The highest BCUT2D eigenvalue weighted by Crippen LogP contribution is 2.21. The summed E-state index contributed by atoms with van der Waals surface area (Å²) in [5.74, 6) is 0. The molecule has 1 aromatic carbocycles. The van der Waals surface area contributed by atoms with Crippen molar-refractivity contribution in [1.82, 2.24) is 0 Å². The van der Waals surface area contributed by atoms with E-state index in [1.54, 1.807) is 0 Å². The molecule has 1 atom stereocenters. The van der Waals surface area contributed by atoms with Gasteiger partial charge < -0.3 is 9.47 Å². The fraction of sp³-hybridized carbons (Fsp3) is 0.455. The molecule has 2 nitrogen and oxygen atoms in total. The lowest BCUT2D eigenvalue weighted by molar-refractivity contribution is -0.0901. The number of benzene rings is 1. The van der Waals surface area contributed by atoms with Crippen LogP contribution in [0.5, 0.6) is 0 Å². The first-order valence-electron chi connectivity index (χ1n) is 4.62. The van der Waals surface area contributed by atoms with Crippen LogP contribution in [0.2, 0.25) is 0 Å². The molecule has 1 unspecified atom stereocenters. The van der Waals surface area contributed by atoms with E-state index in [9.17, 15) is 0 Å². The summed E-state index contributed by atoms with van der Waals surface area (Å²) >= 11 is 0. The minimum absolute atomic E-state index is 0.133. The second-order valence-electron chi connectivity index (χ2n) is 3.35. The number of ether oxygens (including phenoxy) is 2. The van der Waals surface area contributed by atoms with Gasteiger partial charge in [0, 0.05) is 0 Å². The Labute approximate surface area is 78.5 Å². The lowest BCUT2D eigenvalue weighted by atomic mass is 10.1. The normalized spacial score (nSPS) is 23.0. The minimum atomic E-state index is 0.133. The quantitative estimate of drug-likeness (QED) is 0.655. The molecule has 70 valence electrons. The van der Waals surface area contributed by atoms with E-state index in [1.807, 2.05) is 0 Å². The molecule has 1 aliphatic rings. The van der Waals surface area contributed by atoms with Crippen LogP contribution in [-0.2, 0) is 9.47 Å². The van der Waals surface area contributed by atoms with Crippen LogP contribution in [0.3, 0.4) is 0 Å². The van der Waals surface area contributed by atoms with Crippen molar-refractivity contribution in [2.24, 2.45) is 0 Å². The van der Waals surface area contributed by atoms with Crippen molar-refractivity contribution in [2.45, 2.75) is 13.0 Å². The van der Waals surface area contributed by atoms with E-state index >= 15 is 0 Å². The van der Waals surface area contributed by atoms with E-state index in [4.69, 9.17) is 9.47 Å². The Morgan fingerprint density at radius 1 is 1.31 bits per heavy atom. The van der Waals surface area contributed by atoms with Crippen molar-refractivity contribution < 1.29 is 9.47 Å². The summed E-state index contributed by atoms with van der Waals surface area (Å²) in [6, 6.07) is 8.39. The first kappa shape index (κ1) is 8.73. The maximum absolute atomic E-state index is 5.59. The van der Waals surface area contributed by atoms with Gasteiger partial charge in [0.15, 0.2) is 0 Å². The summed E-state index contributed by atoms with van der Waals surface area (Å²) < 4.78 is 10.9. The summed E-state index contributed by atoms with van der Waals surface area (Å²) in [5.41, 5.74) is 2.49. The Morgan fingerprint density at radius 2 is 2.23 bits per heavy atom. The minimum Gasteiger partial charge on any atom is -0.376 e. The summed E-state index contributed by atoms with van der Waals surface area (Å²) in [4.78, 5) is 0. The molecule has 0 radical (unpaired) electrons. The van der Waals surface area contributed by atoms with Crippen molar-refractivity contribution >= 4 is 0 Å². The van der Waals surface area contributed by atoms with Gasteiger partial charge in [-0.2, -0.15) is 0 Å². The van der Waals surface area contributed by atoms with Crippen molar-refractivity contribution in [3.63, 3.8) is 0 Å². The highest BCUT2D eigenvalue weighted by molar-refractivity contribution is 5.24. The van der Waals surface area contributed by atoms with Crippen LogP contribution < -0.4 is 0 Å². The Hall–Kier alpha value is -0.860. The molecule has 0 aromatic heterocycles. The molecule has 2 rings (SSSR count). The Kier molecular flexibility index (Phi) is 2.62. The molecule has 0 saturated carbocycles. The molecule has 0 aliphatic carbocycles. The second kappa shape index (κ2) is 3.90. The molecule has 0 N–H and O–H groups in total. The van der Waals surface area contributed by atoms with Gasteiger partial charge in [-0.3, -0.25) is 0 Å². The SMILES string of the molecule is Cc1cccc(C2COCCO2)c1. The molecular formula is C11H14O2. The first-order valence-corrected chi connectivity index (χ1v) is 4.62. The Morgan fingerprint density at radius 3 is 2.92 bits per heavy atom. The fourth-order valence-corrected chi connectivity index (χ4v) is 1.55. The third kappa shape index (κ3) is 2.08. The maximum atomic E-state index is 5.59. The average Bonchev–Trinajstić information content (AvgIpc) is 2.19. The Bertz CT molecular complexity index is 277. The van der Waals surface area contributed by atoms with Gasteiger partial charge in [0.05, 0.1) is 19.8 Å². The van der Waals surface area contributed by atoms with Crippen molar-refractivity contribution in [1.29, 1.82) is 0 Å². The van der Waals surface area contributed by atoms with E-state index in [1.165, 1.54) is 11.1 Å². The molecule has 0 spiro atoms. The molecule has 1 fully saturated rings. The molecule has 1 aliphatic heterocycles. The van der Waals surface area contributed by atoms with Crippen molar-refractivity contribution in [2.75, 3.05) is 19.8 Å². The van der Waals surface area contributed by atoms with Gasteiger partial charge in [0.2, 0.25) is 0 Å². The van der Waals surface area contributed by atoms with Gasteiger partial charge in [-0.1, -0.05) is 29.8 Å². The largest absolute Gasteiger partial charge is 0.376 e. The van der Waals surface area contributed by atoms with Crippen LogP contribution in [-0.4, -0.2) is 19.8 Å². The van der Waals surface area contributed by atoms with E-state index < -0.39 is 0 Å². The van der Waals surface area contributed by atoms with Crippen molar-refractivity contribution in [3.05, 3.63) is 35.4 Å². The lowest BCUT2D eigenvalue weighted by Crippen LogP contribution is -2.21. The second-order valence-corrected chi connectivity index (χ2v) is 3.35. The molecule has 0 bridgehead atoms. The predicted molar refractivity (Wildman–Crippen MR) is 50.7 cm³/mol. The highest BCUT2D eigenvalue weighted by Gasteiger charge is 2.15. The molecule has 1 saturated heterocycles. The third-order valence-electron chi connectivity index (χ3n) is 2.23. The highest BCUT2D eigenvalue weighted by atomic mass is 16.6. The molecule has 1 heterocycles. The zero-order chi connectivity index (χ0) is 9.10. The first-order chi connectivity index (χ1) is 6.36. The summed E-state index contributed by atoms with van der Waals surface area (Å²) in [6.45, 7) is 4.21. The summed E-state index contributed by atoms with van der Waals surface area (Å²) in [7, 11) is 0. The van der Waals surface area contributed by atoms with Crippen LogP contribution in [0.4, 0.5) is 0 Å². The van der Waals surface area contributed by atoms with Gasteiger partial charge in [-0.25, -0.2) is 0 Å². The molecule has 1 aromatic rings. The van der Waals surface area contributed by atoms with Gasteiger partial charge >= 0.3 is 0 Å². The van der Waals surface area contributed by atoms with E-state index in [2.05, 4.69) is 31.2 Å². The topological polar surface area (TPSA) is 18.5 Å². The smallest absolute Gasteiger partial charge is 0.106 e. The fourth-order valence-electron chi connectivity index (χ4n) is 1.55. The zero-order valence-corrected chi connectivity index (χ0v) is 7.82. The molecular weight excluding hydrogens is 164 g/mol. The van der Waals surface area contributed by atoms with Crippen LogP contribution in [0.1, 0.15) is 17.2 Å². The number of hydrogen-bond donors (Lipinski definition) is 0. The predicted octanol–water partition coefficient (Wildman–Crippen LogP) is 2.08. The van der Waals surface area contributed by atoms with Gasteiger partial charge in [-0.15, -0.1) is 0 Å². The number of aryl methyl sites for hydroxylation is 1.